The standard InChI is InChI=1S/C21H22F4N2O2S/c1-13-6-7-15(22)9-19(13)26-14(2)8-16-12-30-20(27-16)11-28-17-4-3-5-18(10-17)29-21(23,24)25/h3-7,9-10,14,16,26H,8,11-12H2,1-2H3. The second-order valence-corrected chi connectivity index (χ2v) is 8.13. The fourth-order valence-corrected chi connectivity index (χ4v) is 4.02. The Hall–Kier alpha value is -2.42. The SMILES string of the molecule is Cc1ccc(F)cc1NC(C)CC1CSC(COc2cccc(OC(F)(F)F)c2)=N1. The maximum absolute atomic E-state index is 13.4. The van der Waals surface area contributed by atoms with E-state index in [-0.39, 0.29) is 36.0 Å². The number of aliphatic imine (C=N–C) groups is 1. The predicted molar refractivity (Wildman–Crippen MR) is 111 cm³/mol. The zero-order chi connectivity index (χ0) is 21.7. The van der Waals surface area contributed by atoms with Crippen molar-refractivity contribution in [2.45, 2.75) is 38.7 Å². The minimum atomic E-state index is -4.74. The number of thioether (sulfide) groups is 1. The van der Waals surface area contributed by atoms with Gasteiger partial charge in [-0.05, 0) is 50.1 Å². The van der Waals surface area contributed by atoms with E-state index < -0.39 is 6.36 Å². The first kappa shape index (κ1) is 22.3. The summed E-state index contributed by atoms with van der Waals surface area (Å²) < 4.78 is 59.9. The lowest BCUT2D eigenvalue weighted by molar-refractivity contribution is -0.274. The predicted octanol–water partition coefficient (Wildman–Crippen LogP) is 5.82. The molecule has 2 atom stereocenters. The molecule has 0 bridgehead atoms. The summed E-state index contributed by atoms with van der Waals surface area (Å²) in [5, 5.41) is 4.11. The lowest BCUT2D eigenvalue weighted by Crippen LogP contribution is -2.22. The third-order valence-corrected chi connectivity index (χ3v) is 5.51. The molecule has 0 spiro atoms. The molecule has 1 heterocycles. The zero-order valence-corrected chi connectivity index (χ0v) is 17.3. The Labute approximate surface area is 176 Å². The maximum Gasteiger partial charge on any atom is 0.573 e. The van der Waals surface area contributed by atoms with E-state index in [1.165, 1.54) is 30.3 Å². The molecule has 1 aliphatic rings. The molecule has 1 aliphatic heterocycles. The molecular weight excluding hydrogens is 420 g/mol. The first-order valence-corrected chi connectivity index (χ1v) is 10.4. The molecular formula is C21H22F4N2O2S. The zero-order valence-electron chi connectivity index (χ0n) is 16.5. The van der Waals surface area contributed by atoms with E-state index in [9.17, 15) is 17.6 Å². The largest absolute Gasteiger partial charge is 0.573 e. The van der Waals surface area contributed by atoms with E-state index in [0.717, 1.165) is 28.5 Å². The third kappa shape index (κ3) is 6.83. The van der Waals surface area contributed by atoms with Crippen molar-refractivity contribution < 1.29 is 27.0 Å². The van der Waals surface area contributed by atoms with Crippen LogP contribution in [0.3, 0.4) is 0 Å². The molecule has 9 heteroatoms. The summed E-state index contributed by atoms with van der Waals surface area (Å²) in [6, 6.07) is 10.2. The Morgan fingerprint density at radius 3 is 2.73 bits per heavy atom. The highest BCUT2D eigenvalue weighted by Gasteiger charge is 2.31. The van der Waals surface area contributed by atoms with Gasteiger partial charge in [0.15, 0.2) is 0 Å². The number of anilines is 1. The number of hydrogen-bond donors (Lipinski definition) is 1. The van der Waals surface area contributed by atoms with Crippen molar-refractivity contribution in [2.75, 3.05) is 17.7 Å². The monoisotopic (exact) mass is 442 g/mol. The summed E-state index contributed by atoms with van der Waals surface area (Å²) in [5.74, 6) is 0.463. The highest BCUT2D eigenvalue weighted by molar-refractivity contribution is 8.14. The topological polar surface area (TPSA) is 42.8 Å². The highest BCUT2D eigenvalue weighted by Crippen LogP contribution is 2.28. The Kier molecular flexibility index (Phi) is 7.12. The van der Waals surface area contributed by atoms with Gasteiger partial charge in [0.25, 0.3) is 0 Å². The molecule has 3 rings (SSSR count). The fourth-order valence-electron chi connectivity index (χ4n) is 3.06. The molecule has 0 aliphatic carbocycles. The lowest BCUT2D eigenvalue weighted by atomic mass is 10.1. The number of nitrogens with zero attached hydrogens (tertiary/aromatic N) is 1. The van der Waals surface area contributed by atoms with Crippen molar-refractivity contribution in [3.63, 3.8) is 0 Å². The summed E-state index contributed by atoms with van der Waals surface area (Å²) in [7, 11) is 0. The summed E-state index contributed by atoms with van der Waals surface area (Å²) in [4.78, 5) is 4.64. The van der Waals surface area contributed by atoms with Crippen LogP contribution in [-0.4, -0.2) is 35.8 Å². The van der Waals surface area contributed by atoms with Gasteiger partial charge in [-0.15, -0.1) is 24.9 Å². The van der Waals surface area contributed by atoms with Crippen LogP contribution in [0, 0.1) is 12.7 Å². The highest BCUT2D eigenvalue weighted by atomic mass is 32.2. The van der Waals surface area contributed by atoms with Crippen molar-refractivity contribution in [3.05, 3.63) is 53.8 Å². The number of nitrogens with one attached hydrogen (secondary N) is 1. The second kappa shape index (κ2) is 9.59. The molecule has 30 heavy (non-hydrogen) atoms. The summed E-state index contributed by atoms with van der Waals surface area (Å²) in [6.45, 7) is 4.12. The van der Waals surface area contributed by atoms with Gasteiger partial charge in [0.1, 0.15) is 29.0 Å². The van der Waals surface area contributed by atoms with E-state index in [2.05, 4.69) is 15.0 Å². The Bertz CT molecular complexity index is 905. The van der Waals surface area contributed by atoms with Crippen LogP contribution in [0.2, 0.25) is 0 Å². The van der Waals surface area contributed by atoms with Gasteiger partial charge in [0, 0.05) is 23.5 Å². The van der Waals surface area contributed by atoms with Gasteiger partial charge in [0.2, 0.25) is 0 Å². The average Bonchev–Trinajstić information content (AvgIpc) is 3.09. The van der Waals surface area contributed by atoms with E-state index in [0.29, 0.717) is 0 Å². The summed E-state index contributed by atoms with van der Waals surface area (Å²) >= 11 is 1.56. The first-order valence-electron chi connectivity index (χ1n) is 9.39. The van der Waals surface area contributed by atoms with Crippen LogP contribution in [-0.2, 0) is 0 Å². The van der Waals surface area contributed by atoms with Crippen LogP contribution < -0.4 is 14.8 Å². The number of alkyl halides is 3. The average molecular weight is 442 g/mol. The molecule has 162 valence electrons. The number of ether oxygens (including phenoxy) is 2. The molecule has 0 amide bonds. The van der Waals surface area contributed by atoms with E-state index in [1.807, 2.05) is 13.8 Å². The number of rotatable bonds is 8. The molecule has 0 saturated carbocycles. The minimum Gasteiger partial charge on any atom is -0.487 e. The smallest absolute Gasteiger partial charge is 0.487 e. The number of benzene rings is 2. The quantitative estimate of drug-likeness (QED) is 0.524. The van der Waals surface area contributed by atoms with Gasteiger partial charge in [-0.2, -0.15) is 0 Å². The molecule has 4 nitrogen and oxygen atoms in total. The van der Waals surface area contributed by atoms with Gasteiger partial charge < -0.3 is 14.8 Å². The van der Waals surface area contributed by atoms with Crippen molar-refractivity contribution in [2.24, 2.45) is 4.99 Å². The second-order valence-electron chi connectivity index (χ2n) is 7.04. The Morgan fingerprint density at radius 2 is 1.97 bits per heavy atom. The van der Waals surface area contributed by atoms with Gasteiger partial charge in [0.05, 0.1) is 6.04 Å². The number of hydrogen-bond acceptors (Lipinski definition) is 5. The van der Waals surface area contributed by atoms with Crippen LogP contribution in [0.1, 0.15) is 18.9 Å². The molecule has 2 aromatic carbocycles. The van der Waals surface area contributed by atoms with Crippen molar-refractivity contribution >= 4 is 22.5 Å². The van der Waals surface area contributed by atoms with Crippen LogP contribution in [0.15, 0.2) is 47.5 Å². The molecule has 0 fully saturated rings. The van der Waals surface area contributed by atoms with E-state index in [4.69, 9.17) is 4.74 Å². The van der Waals surface area contributed by atoms with Crippen LogP contribution in [0.25, 0.3) is 0 Å². The molecule has 0 aromatic heterocycles. The molecule has 0 saturated heterocycles. The minimum absolute atomic E-state index is 0.0878. The van der Waals surface area contributed by atoms with Crippen molar-refractivity contribution in [1.29, 1.82) is 0 Å². The van der Waals surface area contributed by atoms with E-state index >= 15 is 0 Å². The molecule has 2 unspecified atom stereocenters. The summed E-state index contributed by atoms with van der Waals surface area (Å²) in [5.41, 5.74) is 1.74. The Morgan fingerprint density at radius 1 is 1.20 bits per heavy atom. The summed E-state index contributed by atoms with van der Waals surface area (Å²) in [6.07, 6.45) is -3.98. The van der Waals surface area contributed by atoms with Crippen LogP contribution in [0.4, 0.5) is 23.2 Å². The van der Waals surface area contributed by atoms with Crippen LogP contribution >= 0.6 is 11.8 Å². The number of aryl methyl sites for hydroxylation is 1. The number of halogens is 4. The molecule has 2 aromatic rings. The molecule has 0 radical (unpaired) electrons. The first-order chi connectivity index (χ1) is 14.2. The maximum atomic E-state index is 13.4. The Balaban J connectivity index is 1.50. The van der Waals surface area contributed by atoms with Crippen molar-refractivity contribution in [3.8, 4) is 11.5 Å². The van der Waals surface area contributed by atoms with Gasteiger partial charge >= 0.3 is 6.36 Å². The molecule has 1 N–H and O–H groups in total. The third-order valence-electron chi connectivity index (χ3n) is 4.40. The lowest BCUT2D eigenvalue weighted by Gasteiger charge is -2.19. The normalized spacial score (nSPS) is 17.4. The van der Waals surface area contributed by atoms with E-state index in [1.54, 1.807) is 23.9 Å². The van der Waals surface area contributed by atoms with Gasteiger partial charge in [-0.3, -0.25) is 4.99 Å². The van der Waals surface area contributed by atoms with Crippen LogP contribution in [0.5, 0.6) is 11.5 Å². The van der Waals surface area contributed by atoms with Crippen molar-refractivity contribution in [1.82, 2.24) is 0 Å². The van der Waals surface area contributed by atoms with Gasteiger partial charge in [-0.1, -0.05) is 12.1 Å². The van der Waals surface area contributed by atoms with Gasteiger partial charge in [-0.25, -0.2) is 4.39 Å². The fraction of sp³-hybridized carbons (Fsp3) is 0.381.